The van der Waals surface area contributed by atoms with Crippen LogP contribution in [0.3, 0.4) is 0 Å². The Morgan fingerprint density at radius 3 is 2.82 bits per heavy atom. The Kier molecular flexibility index (Phi) is 6.79. The number of amides is 1. The predicted octanol–water partition coefficient (Wildman–Crippen LogP) is 5.55. The van der Waals surface area contributed by atoms with Crippen LogP contribution >= 0.6 is 11.6 Å². The van der Waals surface area contributed by atoms with Crippen LogP contribution in [-0.4, -0.2) is 42.0 Å². The van der Waals surface area contributed by atoms with Gasteiger partial charge in [0.1, 0.15) is 11.5 Å². The summed E-state index contributed by atoms with van der Waals surface area (Å²) in [6.45, 7) is 8.03. The summed E-state index contributed by atoms with van der Waals surface area (Å²) in [5, 5.41) is 3.51. The molecule has 176 valence electrons. The lowest BCUT2D eigenvalue weighted by atomic mass is 9.91. The molecule has 0 aliphatic carbocycles. The number of halogens is 2. The van der Waals surface area contributed by atoms with Gasteiger partial charge in [-0.15, -0.1) is 0 Å². The summed E-state index contributed by atoms with van der Waals surface area (Å²) < 4.78 is 14.3. The van der Waals surface area contributed by atoms with Gasteiger partial charge in [0.25, 0.3) is 0 Å². The van der Waals surface area contributed by atoms with Gasteiger partial charge in [0.05, 0.1) is 18.1 Å². The highest BCUT2D eigenvalue weighted by Gasteiger charge is 2.30. The van der Waals surface area contributed by atoms with E-state index in [1.807, 2.05) is 26.0 Å². The van der Waals surface area contributed by atoms with E-state index in [-0.39, 0.29) is 11.7 Å². The van der Waals surface area contributed by atoms with Crippen LogP contribution in [0.1, 0.15) is 42.6 Å². The molecule has 0 saturated carbocycles. The number of benzene rings is 2. The lowest BCUT2D eigenvalue weighted by molar-refractivity contribution is -0.117. The smallest absolute Gasteiger partial charge is 0.227 e. The molecule has 0 bridgehead atoms. The molecular formula is C25H26ClFN6O. The van der Waals surface area contributed by atoms with E-state index in [0.717, 1.165) is 23.1 Å². The number of nitrogens with zero attached hydrogens (tertiary/aromatic N) is 4. The number of rotatable bonds is 6. The molecular weight excluding hydrogens is 455 g/mol. The molecule has 34 heavy (non-hydrogen) atoms. The maximum Gasteiger partial charge on any atom is 0.227 e. The largest absolute Gasteiger partial charge is 0.371 e. The molecule has 1 atom stereocenters. The third kappa shape index (κ3) is 4.33. The van der Waals surface area contributed by atoms with E-state index in [1.54, 1.807) is 24.3 Å². The van der Waals surface area contributed by atoms with Crippen LogP contribution in [0.4, 0.5) is 15.9 Å². The van der Waals surface area contributed by atoms with Crippen molar-refractivity contribution < 1.29 is 9.18 Å². The van der Waals surface area contributed by atoms with Crippen LogP contribution in [0.25, 0.3) is 11.1 Å². The Balaban J connectivity index is 1.95. The maximum absolute atomic E-state index is 14.3. The minimum absolute atomic E-state index is 0.0229. The number of imidazole rings is 1. The van der Waals surface area contributed by atoms with E-state index < -0.39 is 6.04 Å². The van der Waals surface area contributed by atoms with Gasteiger partial charge in [-0.3, -0.25) is 9.79 Å². The fraction of sp³-hybridized carbons (Fsp3) is 0.280. The second-order valence-corrected chi connectivity index (χ2v) is 8.53. The first-order chi connectivity index (χ1) is 16.3. The van der Waals surface area contributed by atoms with Crippen molar-refractivity contribution >= 4 is 41.6 Å². The molecule has 1 unspecified atom stereocenters. The Labute approximate surface area is 202 Å². The SMILES string of the molecule is C=NC(=NC(C)c1cc(Cl)c(C)c(N2CCCC2=O)c1-c1cccc(F)c1)c1[nH]cnc1NC. The standard InChI is InChI=1S/C25H26ClFN6O/c1-14-19(26)12-18(15(2)32-25(29-4)22-24(28-3)31-13-30-22)21(16-7-5-8-17(27)11-16)23(14)33-10-6-9-20(33)34/h5,7-8,11-13,15,28H,4,6,9-10H2,1-3H3,(H,30,31). The molecule has 7 nitrogen and oxygen atoms in total. The molecule has 0 spiro atoms. The lowest BCUT2D eigenvalue weighted by Crippen LogP contribution is -2.26. The molecule has 1 aromatic heterocycles. The highest BCUT2D eigenvalue weighted by molar-refractivity contribution is 6.32. The van der Waals surface area contributed by atoms with E-state index in [0.29, 0.717) is 46.6 Å². The van der Waals surface area contributed by atoms with Crippen LogP contribution in [0, 0.1) is 12.7 Å². The Hall–Kier alpha value is -3.52. The van der Waals surface area contributed by atoms with Crippen molar-refractivity contribution in [2.24, 2.45) is 9.98 Å². The highest BCUT2D eigenvalue weighted by atomic mass is 35.5. The number of amidine groups is 1. The number of H-pyrrole nitrogens is 1. The van der Waals surface area contributed by atoms with E-state index in [9.17, 15) is 9.18 Å². The van der Waals surface area contributed by atoms with Gasteiger partial charge in [0.15, 0.2) is 11.7 Å². The highest BCUT2D eigenvalue weighted by Crippen LogP contribution is 2.44. The molecule has 1 aliphatic rings. The predicted molar refractivity (Wildman–Crippen MR) is 136 cm³/mol. The molecule has 9 heteroatoms. The summed E-state index contributed by atoms with van der Waals surface area (Å²) in [7, 11) is 1.75. The summed E-state index contributed by atoms with van der Waals surface area (Å²) in [6.07, 6.45) is 2.77. The van der Waals surface area contributed by atoms with Crippen molar-refractivity contribution in [3.63, 3.8) is 0 Å². The number of aromatic nitrogens is 2. The number of hydrogen-bond acceptors (Lipinski definition) is 4. The first kappa shape index (κ1) is 23.6. The monoisotopic (exact) mass is 480 g/mol. The third-order valence-corrected chi connectivity index (χ3v) is 6.39. The van der Waals surface area contributed by atoms with Crippen molar-refractivity contribution in [1.82, 2.24) is 9.97 Å². The van der Waals surface area contributed by atoms with Gasteiger partial charge in [-0.2, -0.15) is 0 Å². The number of aliphatic imine (C=N–C) groups is 2. The van der Waals surface area contributed by atoms with Gasteiger partial charge in [-0.05, 0) is 61.9 Å². The molecule has 2 N–H and O–H groups in total. The molecule has 1 aliphatic heterocycles. The van der Waals surface area contributed by atoms with Crippen LogP contribution in [0.2, 0.25) is 5.02 Å². The normalized spacial score (nSPS) is 15.0. The summed E-state index contributed by atoms with van der Waals surface area (Å²) in [5.74, 6) is 0.620. The molecule has 0 radical (unpaired) electrons. The zero-order valence-electron chi connectivity index (χ0n) is 19.3. The Morgan fingerprint density at radius 1 is 1.38 bits per heavy atom. The van der Waals surface area contributed by atoms with Crippen LogP contribution in [0.5, 0.6) is 0 Å². The number of hydrogen-bond donors (Lipinski definition) is 2. The number of carbonyl (C=O) groups excluding carboxylic acids is 1. The fourth-order valence-electron chi connectivity index (χ4n) is 4.34. The number of nitrogens with one attached hydrogen (secondary N) is 2. The Bertz CT molecular complexity index is 1280. The number of anilines is 2. The van der Waals surface area contributed by atoms with Gasteiger partial charge in [0.2, 0.25) is 5.91 Å². The second-order valence-electron chi connectivity index (χ2n) is 8.12. The molecule has 1 saturated heterocycles. The van der Waals surface area contributed by atoms with Gasteiger partial charge in [-0.1, -0.05) is 23.7 Å². The van der Waals surface area contributed by atoms with E-state index in [4.69, 9.17) is 16.6 Å². The molecule has 4 rings (SSSR count). The van der Waals surface area contributed by atoms with Crippen molar-refractivity contribution in [2.75, 3.05) is 23.8 Å². The molecule has 2 heterocycles. The summed E-state index contributed by atoms with van der Waals surface area (Å²) >= 11 is 6.68. The van der Waals surface area contributed by atoms with Crippen LogP contribution < -0.4 is 10.2 Å². The summed E-state index contributed by atoms with van der Waals surface area (Å²) in [5.41, 5.74) is 4.20. The molecule has 3 aromatic rings. The average molecular weight is 481 g/mol. The van der Waals surface area contributed by atoms with Gasteiger partial charge >= 0.3 is 0 Å². The zero-order chi connectivity index (χ0) is 24.4. The van der Waals surface area contributed by atoms with Crippen LogP contribution in [-0.2, 0) is 4.79 Å². The lowest BCUT2D eigenvalue weighted by Gasteiger charge is -2.27. The third-order valence-electron chi connectivity index (χ3n) is 5.99. The minimum Gasteiger partial charge on any atom is -0.371 e. The van der Waals surface area contributed by atoms with Gasteiger partial charge in [-0.25, -0.2) is 14.4 Å². The molecule has 2 aromatic carbocycles. The zero-order valence-corrected chi connectivity index (χ0v) is 20.1. The van der Waals surface area contributed by atoms with E-state index >= 15 is 0 Å². The van der Waals surface area contributed by atoms with Gasteiger partial charge < -0.3 is 15.2 Å². The van der Waals surface area contributed by atoms with Crippen molar-refractivity contribution in [3.8, 4) is 11.1 Å². The number of carbonyl (C=O) groups is 1. The molecule has 1 amide bonds. The van der Waals surface area contributed by atoms with E-state index in [1.165, 1.54) is 12.1 Å². The first-order valence-electron chi connectivity index (χ1n) is 11.0. The second kappa shape index (κ2) is 9.77. The summed E-state index contributed by atoms with van der Waals surface area (Å²) in [4.78, 5) is 30.7. The fourth-order valence-corrected chi connectivity index (χ4v) is 4.55. The van der Waals surface area contributed by atoms with Crippen molar-refractivity contribution in [3.05, 3.63) is 64.3 Å². The van der Waals surface area contributed by atoms with Gasteiger partial charge in [0, 0.05) is 30.6 Å². The molecule has 1 fully saturated rings. The average Bonchev–Trinajstić information content (AvgIpc) is 3.47. The Morgan fingerprint density at radius 2 is 2.18 bits per heavy atom. The summed E-state index contributed by atoms with van der Waals surface area (Å²) in [6, 6.07) is 7.74. The van der Waals surface area contributed by atoms with Crippen LogP contribution in [0.15, 0.2) is 46.6 Å². The number of aromatic amines is 1. The maximum atomic E-state index is 14.3. The van der Waals surface area contributed by atoms with E-state index in [2.05, 4.69) is 27.0 Å². The first-order valence-corrected chi connectivity index (χ1v) is 11.4. The quantitative estimate of drug-likeness (QED) is 0.358. The topological polar surface area (TPSA) is 85.7 Å². The minimum atomic E-state index is -0.443. The van der Waals surface area contributed by atoms with Crippen molar-refractivity contribution in [2.45, 2.75) is 32.7 Å². The van der Waals surface area contributed by atoms with Crippen molar-refractivity contribution in [1.29, 1.82) is 0 Å².